The molecule has 3 heteroatoms. The third-order valence-electron chi connectivity index (χ3n) is 6.43. The lowest BCUT2D eigenvalue weighted by molar-refractivity contribution is 0.0976. The highest BCUT2D eigenvalue weighted by Crippen LogP contribution is 2.29. The molecule has 0 aliphatic rings. The molecule has 33 heavy (non-hydrogen) atoms. The van der Waals surface area contributed by atoms with Crippen LogP contribution in [0.4, 0.5) is 0 Å². The molecule has 0 saturated carbocycles. The molecule has 0 N–H and O–H groups in total. The Labute approximate surface area is 201 Å². The molecular formula is C30H44O3. The molecule has 182 valence electrons. The molecule has 0 atom stereocenters. The summed E-state index contributed by atoms with van der Waals surface area (Å²) in [7, 11) is 3.29. The van der Waals surface area contributed by atoms with Crippen molar-refractivity contribution in [1.82, 2.24) is 0 Å². The van der Waals surface area contributed by atoms with E-state index in [0.717, 1.165) is 29.7 Å². The molecule has 2 aromatic rings. The number of carbonyl (C=O) groups excluding carboxylic acids is 1. The van der Waals surface area contributed by atoms with Crippen LogP contribution in [-0.2, 0) is 0 Å². The van der Waals surface area contributed by atoms with Crippen LogP contribution in [0.1, 0.15) is 107 Å². The van der Waals surface area contributed by atoms with Gasteiger partial charge in [-0.2, -0.15) is 0 Å². The number of ketones is 1. The topological polar surface area (TPSA) is 35.5 Å². The highest BCUT2D eigenvalue weighted by atomic mass is 16.5. The van der Waals surface area contributed by atoms with Crippen molar-refractivity contribution < 1.29 is 14.3 Å². The maximum atomic E-state index is 12.9. The van der Waals surface area contributed by atoms with Gasteiger partial charge in [-0.25, -0.2) is 0 Å². The lowest BCUT2D eigenvalue weighted by Gasteiger charge is -2.11. The first-order chi connectivity index (χ1) is 16.2. The summed E-state index contributed by atoms with van der Waals surface area (Å²) >= 11 is 0. The van der Waals surface area contributed by atoms with Crippen molar-refractivity contribution in [2.24, 2.45) is 0 Å². The Kier molecular flexibility index (Phi) is 13.4. The minimum atomic E-state index is 0.172. The number of rotatable bonds is 18. The number of Topliss-reactive ketones (excluding diaryl/α,β-unsaturated/α-hetero) is 1. The van der Waals surface area contributed by atoms with Gasteiger partial charge < -0.3 is 9.47 Å². The molecule has 0 amide bonds. The van der Waals surface area contributed by atoms with E-state index >= 15 is 0 Å². The average molecular weight is 453 g/mol. The molecule has 2 aromatic carbocycles. The van der Waals surface area contributed by atoms with Gasteiger partial charge in [-0.05, 0) is 41.8 Å². The van der Waals surface area contributed by atoms with Crippen molar-refractivity contribution in [3.05, 3.63) is 48.0 Å². The summed E-state index contributed by atoms with van der Waals surface area (Å²) in [5.41, 5.74) is 2.77. The van der Waals surface area contributed by atoms with E-state index in [2.05, 4.69) is 6.92 Å². The highest BCUT2D eigenvalue weighted by Gasteiger charge is 2.14. The number of hydrogen-bond donors (Lipinski definition) is 0. The molecule has 0 heterocycles. The Morgan fingerprint density at radius 2 is 1.15 bits per heavy atom. The van der Waals surface area contributed by atoms with Crippen molar-refractivity contribution in [2.45, 2.75) is 96.8 Å². The zero-order chi connectivity index (χ0) is 23.7. The Balaban J connectivity index is 1.68. The number of carbonyl (C=O) groups is 1. The molecule has 0 spiro atoms. The number of methoxy groups -OCH3 is 2. The lowest BCUT2D eigenvalue weighted by atomic mass is 9.97. The van der Waals surface area contributed by atoms with E-state index in [4.69, 9.17) is 9.47 Å². The van der Waals surface area contributed by atoms with Gasteiger partial charge in [0.2, 0.25) is 0 Å². The van der Waals surface area contributed by atoms with E-state index < -0.39 is 0 Å². The summed E-state index contributed by atoms with van der Waals surface area (Å²) < 4.78 is 10.7. The molecule has 0 fully saturated rings. The van der Waals surface area contributed by atoms with Crippen LogP contribution in [0.3, 0.4) is 0 Å². The molecule has 0 unspecified atom stereocenters. The largest absolute Gasteiger partial charge is 0.497 e. The van der Waals surface area contributed by atoms with Crippen molar-refractivity contribution in [1.29, 1.82) is 0 Å². The van der Waals surface area contributed by atoms with Gasteiger partial charge in [-0.15, -0.1) is 0 Å². The number of benzene rings is 2. The van der Waals surface area contributed by atoms with E-state index in [-0.39, 0.29) is 5.78 Å². The van der Waals surface area contributed by atoms with Gasteiger partial charge in [-0.1, -0.05) is 102 Å². The Morgan fingerprint density at radius 3 is 1.67 bits per heavy atom. The average Bonchev–Trinajstić information content (AvgIpc) is 2.86. The quantitative estimate of drug-likeness (QED) is 0.167. The first-order valence-corrected chi connectivity index (χ1v) is 13.0. The van der Waals surface area contributed by atoms with Crippen molar-refractivity contribution in [3.63, 3.8) is 0 Å². The van der Waals surface area contributed by atoms with E-state index in [1.165, 1.54) is 70.6 Å². The second-order valence-corrected chi connectivity index (χ2v) is 9.06. The third kappa shape index (κ3) is 10.0. The second kappa shape index (κ2) is 16.3. The molecule has 0 saturated heterocycles. The van der Waals surface area contributed by atoms with Gasteiger partial charge in [0, 0.05) is 6.42 Å². The first-order valence-electron chi connectivity index (χ1n) is 13.0. The lowest BCUT2D eigenvalue weighted by Crippen LogP contribution is -2.03. The molecule has 0 aliphatic heterocycles. The van der Waals surface area contributed by atoms with Crippen molar-refractivity contribution in [3.8, 4) is 22.6 Å². The molecule has 3 nitrogen and oxygen atoms in total. The summed E-state index contributed by atoms with van der Waals surface area (Å²) in [6, 6.07) is 13.8. The number of unbranched alkanes of at least 4 members (excludes halogenated alkanes) is 12. The van der Waals surface area contributed by atoms with Gasteiger partial charge in [0.1, 0.15) is 11.5 Å². The number of ether oxygens (including phenoxy) is 2. The zero-order valence-electron chi connectivity index (χ0n) is 21.2. The summed E-state index contributed by atoms with van der Waals surface area (Å²) in [6.45, 7) is 2.27. The van der Waals surface area contributed by atoms with E-state index in [1.807, 2.05) is 42.5 Å². The van der Waals surface area contributed by atoms with Gasteiger partial charge in [0.25, 0.3) is 0 Å². The summed E-state index contributed by atoms with van der Waals surface area (Å²) in [4.78, 5) is 12.9. The van der Waals surface area contributed by atoms with Crippen LogP contribution >= 0.6 is 0 Å². The van der Waals surface area contributed by atoms with Crippen LogP contribution in [0, 0.1) is 0 Å². The fourth-order valence-corrected chi connectivity index (χ4v) is 4.33. The van der Waals surface area contributed by atoms with Crippen LogP contribution in [0.2, 0.25) is 0 Å². The van der Waals surface area contributed by atoms with Gasteiger partial charge in [0.05, 0.1) is 19.8 Å². The smallest absolute Gasteiger partial charge is 0.166 e. The van der Waals surface area contributed by atoms with Crippen LogP contribution < -0.4 is 9.47 Å². The molecule has 0 aliphatic carbocycles. The zero-order valence-corrected chi connectivity index (χ0v) is 21.2. The summed E-state index contributed by atoms with van der Waals surface area (Å²) in [5, 5.41) is 0. The van der Waals surface area contributed by atoms with E-state index in [9.17, 15) is 4.79 Å². The Bertz CT molecular complexity index is 795. The van der Waals surface area contributed by atoms with Gasteiger partial charge in [-0.3, -0.25) is 4.79 Å². The maximum absolute atomic E-state index is 12.9. The standard InChI is InChI=1S/C30H44O3/c1-4-5-6-7-8-9-10-11-12-13-14-15-16-17-29(31)28-24-26(20-23-30(28)33-3)25-18-21-27(32-2)22-19-25/h18-24H,4-17H2,1-3H3. The number of hydrogen-bond acceptors (Lipinski definition) is 3. The summed E-state index contributed by atoms with van der Waals surface area (Å²) in [5.74, 6) is 1.66. The summed E-state index contributed by atoms with van der Waals surface area (Å²) in [6.07, 6.45) is 17.6. The van der Waals surface area contributed by atoms with Crippen LogP contribution in [0.5, 0.6) is 11.5 Å². The van der Waals surface area contributed by atoms with Crippen LogP contribution in [0.15, 0.2) is 42.5 Å². The molecule has 2 rings (SSSR count). The first kappa shape index (κ1) is 27.0. The molecular weight excluding hydrogens is 408 g/mol. The molecule has 0 bridgehead atoms. The van der Waals surface area contributed by atoms with Gasteiger partial charge >= 0.3 is 0 Å². The predicted octanol–water partition coefficient (Wildman–Crippen LogP) is 9.03. The van der Waals surface area contributed by atoms with E-state index in [1.54, 1.807) is 14.2 Å². The second-order valence-electron chi connectivity index (χ2n) is 9.06. The fourth-order valence-electron chi connectivity index (χ4n) is 4.33. The highest BCUT2D eigenvalue weighted by molar-refractivity contribution is 5.99. The Morgan fingerprint density at radius 1 is 0.636 bits per heavy atom. The van der Waals surface area contributed by atoms with Crippen LogP contribution in [-0.4, -0.2) is 20.0 Å². The van der Waals surface area contributed by atoms with Crippen LogP contribution in [0.25, 0.3) is 11.1 Å². The minimum Gasteiger partial charge on any atom is -0.497 e. The molecule has 0 aromatic heterocycles. The van der Waals surface area contributed by atoms with Gasteiger partial charge in [0.15, 0.2) is 5.78 Å². The fraction of sp³-hybridized carbons (Fsp3) is 0.567. The minimum absolute atomic E-state index is 0.172. The monoisotopic (exact) mass is 452 g/mol. The van der Waals surface area contributed by atoms with Crippen molar-refractivity contribution >= 4 is 5.78 Å². The third-order valence-corrected chi connectivity index (χ3v) is 6.43. The predicted molar refractivity (Wildman–Crippen MR) is 140 cm³/mol. The van der Waals surface area contributed by atoms with E-state index in [0.29, 0.717) is 17.7 Å². The maximum Gasteiger partial charge on any atom is 0.166 e. The Hall–Kier alpha value is -2.29. The molecule has 0 radical (unpaired) electrons. The SMILES string of the molecule is CCCCCCCCCCCCCCCC(=O)c1cc(-c2ccc(OC)cc2)ccc1OC. The van der Waals surface area contributed by atoms with Crippen molar-refractivity contribution in [2.75, 3.05) is 14.2 Å². The normalized spacial score (nSPS) is 10.9.